The van der Waals surface area contributed by atoms with Crippen LogP contribution in [0.3, 0.4) is 0 Å². The van der Waals surface area contributed by atoms with Crippen molar-refractivity contribution in [3.05, 3.63) is 18.1 Å². The van der Waals surface area contributed by atoms with Crippen molar-refractivity contribution >= 4 is 12.1 Å². The molecule has 0 saturated carbocycles. The monoisotopic (exact) mass is 337 g/mol. The predicted molar refractivity (Wildman–Crippen MR) is 84.8 cm³/mol. The summed E-state index contributed by atoms with van der Waals surface area (Å²) in [6.07, 6.45) is 2.39. The van der Waals surface area contributed by atoms with E-state index in [1.165, 1.54) is 13.3 Å². The predicted octanol–water partition coefficient (Wildman–Crippen LogP) is 2.04. The van der Waals surface area contributed by atoms with Gasteiger partial charge in [-0.25, -0.2) is 14.6 Å². The van der Waals surface area contributed by atoms with Crippen molar-refractivity contribution in [2.75, 3.05) is 20.2 Å². The number of methoxy groups -OCH3 is 1. The van der Waals surface area contributed by atoms with Crippen molar-refractivity contribution in [2.45, 2.75) is 45.3 Å². The number of carbonyl (C=O) groups is 2. The van der Waals surface area contributed by atoms with Crippen LogP contribution in [0.15, 0.2) is 12.3 Å². The number of carbonyl (C=O) groups excluding carboxylic acids is 2. The first-order valence-corrected chi connectivity index (χ1v) is 7.84. The molecule has 0 aliphatic carbocycles. The minimum atomic E-state index is -0.611. The topological polar surface area (TPSA) is 90.9 Å². The van der Waals surface area contributed by atoms with Gasteiger partial charge in [0, 0.05) is 38.2 Å². The van der Waals surface area contributed by atoms with Crippen molar-refractivity contribution in [1.82, 2.24) is 14.9 Å². The Morgan fingerprint density at radius 2 is 1.92 bits per heavy atom. The van der Waals surface area contributed by atoms with Crippen LogP contribution in [-0.4, -0.2) is 58.8 Å². The fourth-order valence-electron chi connectivity index (χ4n) is 2.25. The molecule has 0 bridgehead atoms. The van der Waals surface area contributed by atoms with Gasteiger partial charge in [0.2, 0.25) is 11.7 Å². The fraction of sp³-hybridized carbons (Fsp3) is 0.625. The van der Waals surface area contributed by atoms with Gasteiger partial charge < -0.3 is 19.1 Å². The Labute approximate surface area is 141 Å². The van der Waals surface area contributed by atoms with Crippen LogP contribution in [0.4, 0.5) is 4.79 Å². The van der Waals surface area contributed by atoms with E-state index in [1.807, 2.05) is 20.8 Å². The average molecular weight is 337 g/mol. The highest BCUT2D eigenvalue weighted by Gasteiger charge is 2.28. The van der Waals surface area contributed by atoms with Gasteiger partial charge in [-0.05, 0) is 20.8 Å². The van der Waals surface area contributed by atoms with E-state index in [0.29, 0.717) is 31.8 Å². The second-order valence-electron chi connectivity index (χ2n) is 6.49. The molecule has 1 aliphatic heterocycles. The molecule has 0 spiro atoms. The highest BCUT2D eigenvalue weighted by molar-refractivity contribution is 5.84. The van der Waals surface area contributed by atoms with Gasteiger partial charge in [0.05, 0.1) is 7.11 Å². The number of hydrogen-bond acceptors (Lipinski definition) is 7. The summed E-state index contributed by atoms with van der Waals surface area (Å²) in [6, 6.07) is 1.59. The van der Waals surface area contributed by atoms with E-state index in [-0.39, 0.29) is 18.0 Å². The minimum Gasteiger partial charge on any atom is -0.474 e. The summed E-state index contributed by atoms with van der Waals surface area (Å²) in [4.78, 5) is 33.0. The maximum Gasteiger partial charge on any atom is 0.410 e. The maximum atomic E-state index is 12.0. The molecule has 1 amide bonds. The first-order chi connectivity index (χ1) is 11.3. The molecule has 8 heteroatoms. The van der Waals surface area contributed by atoms with E-state index in [0.717, 1.165) is 0 Å². The number of esters is 1. The summed E-state index contributed by atoms with van der Waals surface area (Å²) in [7, 11) is 1.27. The molecular formula is C16H23N3O5. The molecule has 0 aromatic carbocycles. The third kappa shape index (κ3) is 5.07. The SMILES string of the molecule is COC(=O)c1nccc(OC2CCN(C(=O)OC(C)(C)C)CC2)n1. The van der Waals surface area contributed by atoms with Crippen LogP contribution >= 0.6 is 0 Å². The Bertz CT molecular complexity index is 592. The van der Waals surface area contributed by atoms with Crippen LogP contribution < -0.4 is 4.74 Å². The molecule has 1 aromatic rings. The van der Waals surface area contributed by atoms with E-state index in [4.69, 9.17) is 9.47 Å². The Morgan fingerprint density at radius 1 is 1.25 bits per heavy atom. The van der Waals surface area contributed by atoms with Gasteiger partial charge in [-0.15, -0.1) is 0 Å². The van der Waals surface area contributed by atoms with Gasteiger partial charge >= 0.3 is 12.1 Å². The summed E-state index contributed by atoms with van der Waals surface area (Å²) < 4.78 is 15.7. The number of piperidine rings is 1. The summed E-state index contributed by atoms with van der Waals surface area (Å²) in [5.74, 6) is -0.331. The molecule has 1 aromatic heterocycles. The number of hydrogen-bond donors (Lipinski definition) is 0. The molecule has 2 rings (SSSR count). The maximum absolute atomic E-state index is 12.0. The zero-order valence-electron chi connectivity index (χ0n) is 14.4. The fourth-order valence-corrected chi connectivity index (χ4v) is 2.25. The number of ether oxygens (including phenoxy) is 3. The normalized spacial score (nSPS) is 15.8. The molecule has 132 valence electrons. The first-order valence-electron chi connectivity index (χ1n) is 7.84. The Morgan fingerprint density at radius 3 is 2.50 bits per heavy atom. The van der Waals surface area contributed by atoms with Crippen LogP contribution in [0, 0.1) is 0 Å². The smallest absolute Gasteiger partial charge is 0.410 e. The average Bonchev–Trinajstić information content (AvgIpc) is 2.53. The summed E-state index contributed by atoms with van der Waals surface area (Å²) >= 11 is 0. The molecule has 0 atom stereocenters. The Balaban J connectivity index is 1.87. The highest BCUT2D eigenvalue weighted by Crippen LogP contribution is 2.19. The molecule has 0 unspecified atom stereocenters. The van der Waals surface area contributed by atoms with E-state index in [2.05, 4.69) is 14.7 Å². The number of amides is 1. The molecule has 0 N–H and O–H groups in total. The number of likely N-dealkylation sites (tertiary alicyclic amines) is 1. The standard InChI is InChI=1S/C16H23N3O5/c1-16(2,3)24-15(21)19-9-6-11(7-10-19)23-12-5-8-17-13(18-12)14(20)22-4/h5,8,11H,6-7,9-10H2,1-4H3. The largest absolute Gasteiger partial charge is 0.474 e. The summed E-state index contributed by atoms with van der Waals surface area (Å²) in [5.41, 5.74) is -0.504. The van der Waals surface area contributed by atoms with E-state index in [1.54, 1.807) is 11.0 Å². The Hall–Kier alpha value is -2.38. The zero-order chi connectivity index (χ0) is 17.7. The third-order valence-corrected chi connectivity index (χ3v) is 3.38. The molecule has 8 nitrogen and oxygen atoms in total. The zero-order valence-corrected chi connectivity index (χ0v) is 14.4. The second-order valence-corrected chi connectivity index (χ2v) is 6.49. The third-order valence-electron chi connectivity index (χ3n) is 3.38. The lowest BCUT2D eigenvalue weighted by Crippen LogP contribution is -2.44. The van der Waals surface area contributed by atoms with Crippen LogP contribution in [0.25, 0.3) is 0 Å². The van der Waals surface area contributed by atoms with E-state index in [9.17, 15) is 9.59 Å². The molecular weight excluding hydrogens is 314 g/mol. The molecule has 1 fully saturated rings. The van der Waals surface area contributed by atoms with Crippen LogP contribution in [-0.2, 0) is 9.47 Å². The van der Waals surface area contributed by atoms with Gasteiger partial charge in [0.25, 0.3) is 0 Å². The molecule has 2 heterocycles. The number of aromatic nitrogens is 2. The lowest BCUT2D eigenvalue weighted by atomic mass is 10.1. The van der Waals surface area contributed by atoms with Gasteiger partial charge in [0.15, 0.2) is 0 Å². The molecule has 1 saturated heterocycles. The van der Waals surface area contributed by atoms with Crippen molar-refractivity contribution < 1.29 is 23.8 Å². The van der Waals surface area contributed by atoms with E-state index >= 15 is 0 Å². The van der Waals surface area contributed by atoms with Crippen molar-refractivity contribution in [1.29, 1.82) is 0 Å². The summed E-state index contributed by atoms with van der Waals surface area (Å²) in [5, 5.41) is 0. The van der Waals surface area contributed by atoms with Crippen molar-refractivity contribution in [3.8, 4) is 5.88 Å². The van der Waals surface area contributed by atoms with Gasteiger partial charge in [-0.2, -0.15) is 4.98 Å². The van der Waals surface area contributed by atoms with Crippen LogP contribution in [0.5, 0.6) is 5.88 Å². The highest BCUT2D eigenvalue weighted by atomic mass is 16.6. The lowest BCUT2D eigenvalue weighted by Gasteiger charge is -2.33. The van der Waals surface area contributed by atoms with E-state index < -0.39 is 11.6 Å². The second kappa shape index (κ2) is 7.46. The quantitative estimate of drug-likeness (QED) is 0.779. The lowest BCUT2D eigenvalue weighted by molar-refractivity contribution is 0.0122. The van der Waals surface area contributed by atoms with Crippen molar-refractivity contribution in [3.63, 3.8) is 0 Å². The molecule has 0 radical (unpaired) electrons. The van der Waals surface area contributed by atoms with Gasteiger partial charge in [-0.3, -0.25) is 0 Å². The van der Waals surface area contributed by atoms with Crippen LogP contribution in [0.1, 0.15) is 44.2 Å². The molecule has 1 aliphatic rings. The first kappa shape index (κ1) is 18.0. The summed E-state index contributed by atoms with van der Waals surface area (Å²) in [6.45, 7) is 6.63. The van der Waals surface area contributed by atoms with Crippen molar-refractivity contribution in [2.24, 2.45) is 0 Å². The Kier molecular flexibility index (Phi) is 5.58. The minimum absolute atomic E-state index is 0.0406. The molecule has 24 heavy (non-hydrogen) atoms. The van der Waals surface area contributed by atoms with Gasteiger partial charge in [0.1, 0.15) is 11.7 Å². The van der Waals surface area contributed by atoms with Crippen LogP contribution in [0.2, 0.25) is 0 Å². The number of rotatable bonds is 3. The number of nitrogens with zero attached hydrogens (tertiary/aromatic N) is 3. The van der Waals surface area contributed by atoms with Gasteiger partial charge in [-0.1, -0.05) is 0 Å².